The molecule has 0 atom stereocenters. The van der Waals surface area contributed by atoms with Gasteiger partial charge in [-0.05, 0) is 26.7 Å². The average Bonchev–Trinajstić information content (AvgIpc) is 2.12. The van der Waals surface area contributed by atoms with Crippen molar-refractivity contribution in [1.29, 1.82) is 5.26 Å². The Balaban J connectivity index is 2.61. The SMILES string of the molecule is CC1(C)CC/C(=C\C#N)N1. The van der Waals surface area contributed by atoms with E-state index in [2.05, 4.69) is 19.2 Å². The van der Waals surface area contributed by atoms with Crippen molar-refractivity contribution in [2.75, 3.05) is 0 Å². The summed E-state index contributed by atoms with van der Waals surface area (Å²) in [5, 5.41) is 11.6. The molecule has 0 aliphatic carbocycles. The number of rotatable bonds is 0. The first-order valence-electron chi connectivity index (χ1n) is 3.51. The zero-order valence-electron chi connectivity index (χ0n) is 6.44. The second kappa shape index (κ2) is 2.34. The van der Waals surface area contributed by atoms with Crippen LogP contribution in [0.25, 0.3) is 0 Å². The third-order valence-corrected chi connectivity index (χ3v) is 1.76. The summed E-state index contributed by atoms with van der Waals surface area (Å²) in [5.74, 6) is 0. The van der Waals surface area contributed by atoms with Crippen molar-refractivity contribution in [3.05, 3.63) is 11.8 Å². The lowest BCUT2D eigenvalue weighted by molar-refractivity contribution is 0.470. The summed E-state index contributed by atoms with van der Waals surface area (Å²) >= 11 is 0. The van der Waals surface area contributed by atoms with Gasteiger partial charge in [-0.2, -0.15) is 5.26 Å². The summed E-state index contributed by atoms with van der Waals surface area (Å²) in [6.07, 6.45) is 3.73. The Kier molecular flexibility index (Phi) is 1.67. The molecular weight excluding hydrogens is 124 g/mol. The van der Waals surface area contributed by atoms with Crippen LogP contribution in [-0.2, 0) is 0 Å². The van der Waals surface area contributed by atoms with Crippen molar-refractivity contribution in [3.8, 4) is 6.07 Å². The van der Waals surface area contributed by atoms with Gasteiger partial charge < -0.3 is 5.32 Å². The normalized spacial score (nSPS) is 25.9. The molecule has 54 valence electrons. The standard InChI is InChI=1S/C8H12N2/c1-8(2)5-3-7(10-8)4-6-9/h4,10H,3,5H2,1-2H3/b7-4+. The second-order valence-electron chi connectivity index (χ2n) is 3.31. The number of hydrogen-bond acceptors (Lipinski definition) is 2. The van der Waals surface area contributed by atoms with E-state index < -0.39 is 0 Å². The van der Waals surface area contributed by atoms with Crippen molar-refractivity contribution in [2.45, 2.75) is 32.2 Å². The minimum atomic E-state index is 0.197. The molecule has 0 spiro atoms. The highest BCUT2D eigenvalue weighted by Crippen LogP contribution is 2.23. The molecule has 0 bridgehead atoms. The van der Waals surface area contributed by atoms with Crippen molar-refractivity contribution < 1.29 is 0 Å². The van der Waals surface area contributed by atoms with E-state index in [-0.39, 0.29) is 5.54 Å². The largest absolute Gasteiger partial charge is 0.383 e. The van der Waals surface area contributed by atoms with Crippen molar-refractivity contribution in [1.82, 2.24) is 5.32 Å². The topological polar surface area (TPSA) is 35.8 Å². The molecule has 1 N–H and O–H groups in total. The van der Waals surface area contributed by atoms with E-state index >= 15 is 0 Å². The van der Waals surface area contributed by atoms with E-state index in [4.69, 9.17) is 5.26 Å². The van der Waals surface area contributed by atoms with Crippen LogP contribution >= 0.6 is 0 Å². The molecule has 0 amide bonds. The molecule has 1 saturated heterocycles. The number of nitrogens with zero attached hydrogens (tertiary/aromatic N) is 1. The van der Waals surface area contributed by atoms with Gasteiger partial charge >= 0.3 is 0 Å². The molecule has 0 aromatic rings. The van der Waals surface area contributed by atoms with Crippen molar-refractivity contribution in [2.24, 2.45) is 0 Å². The highest BCUT2D eigenvalue weighted by Gasteiger charge is 2.24. The molecule has 2 heteroatoms. The molecule has 0 aromatic heterocycles. The molecule has 1 rings (SSSR count). The van der Waals surface area contributed by atoms with Crippen LogP contribution < -0.4 is 5.32 Å². The van der Waals surface area contributed by atoms with Gasteiger partial charge in [0.15, 0.2) is 0 Å². The molecule has 1 fully saturated rings. The van der Waals surface area contributed by atoms with Crippen LogP contribution in [0, 0.1) is 11.3 Å². The van der Waals surface area contributed by atoms with Crippen LogP contribution in [0.2, 0.25) is 0 Å². The fraction of sp³-hybridized carbons (Fsp3) is 0.625. The Labute approximate surface area is 61.5 Å². The van der Waals surface area contributed by atoms with Crippen molar-refractivity contribution >= 4 is 0 Å². The summed E-state index contributed by atoms with van der Waals surface area (Å²) in [5.41, 5.74) is 1.27. The van der Waals surface area contributed by atoms with Crippen LogP contribution in [0.5, 0.6) is 0 Å². The van der Waals surface area contributed by atoms with Crippen LogP contribution in [0.4, 0.5) is 0 Å². The average molecular weight is 136 g/mol. The first kappa shape index (κ1) is 7.14. The highest BCUT2D eigenvalue weighted by molar-refractivity contribution is 5.17. The zero-order valence-corrected chi connectivity index (χ0v) is 6.44. The van der Waals surface area contributed by atoms with Gasteiger partial charge in [-0.15, -0.1) is 0 Å². The fourth-order valence-electron chi connectivity index (χ4n) is 1.19. The fourth-order valence-corrected chi connectivity index (χ4v) is 1.19. The van der Waals surface area contributed by atoms with E-state index in [1.54, 1.807) is 6.08 Å². The van der Waals surface area contributed by atoms with Crippen molar-refractivity contribution in [3.63, 3.8) is 0 Å². The summed E-state index contributed by atoms with van der Waals surface area (Å²) in [6.45, 7) is 4.29. The van der Waals surface area contributed by atoms with Gasteiger partial charge in [0.2, 0.25) is 0 Å². The molecule has 1 aliphatic heterocycles. The molecule has 1 heterocycles. The Morgan fingerprint density at radius 1 is 1.70 bits per heavy atom. The van der Waals surface area contributed by atoms with E-state index in [1.807, 2.05) is 6.07 Å². The molecule has 0 aromatic carbocycles. The molecule has 1 aliphatic rings. The minimum Gasteiger partial charge on any atom is -0.383 e. The maximum absolute atomic E-state index is 8.33. The predicted molar refractivity (Wildman–Crippen MR) is 40.1 cm³/mol. The van der Waals surface area contributed by atoms with Gasteiger partial charge in [0, 0.05) is 17.3 Å². The van der Waals surface area contributed by atoms with E-state index in [0.717, 1.165) is 18.5 Å². The van der Waals surface area contributed by atoms with Gasteiger partial charge in [0.05, 0.1) is 6.07 Å². The summed E-state index contributed by atoms with van der Waals surface area (Å²) in [7, 11) is 0. The third-order valence-electron chi connectivity index (χ3n) is 1.76. The van der Waals surface area contributed by atoms with E-state index in [9.17, 15) is 0 Å². The Morgan fingerprint density at radius 2 is 2.40 bits per heavy atom. The monoisotopic (exact) mass is 136 g/mol. The van der Waals surface area contributed by atoms with Crippen LogP contribution in [0.15, 0.2) is 11.8 Å². The quantitative estimate of drug-likeness (QED) is 0.513. The van der Waals surface area contributed by atoms with E-state index in [1.165, 1.54) is 0 Å². The Morgan fingerprint density at radius 3 is 2.80 bits per heavy atom. The van der Waals surface area contributed by atoms with Crippen LogP contribution in [0.1, 0.15) is 26.7 Å². The number of nitrogens with one attached hydrogen (secondary N) is 1. The Bertz CT molecular complexity index is 196. The first-order chi connectivity index (χ1) is 4.64. The van der Waals surface area contributed by atoms with Gasteiger partial charge in [-0.1, -0.05) is 0 Å². The highest BCUT2D eigenvalue weighted by atomic mass is 15.0. The first-order valence-corrected chi connectivity index (χ1v) is 3.51. The number of hydrogen-bond donors (Lipinski definition) is 1. The van der Waals surface area contributed by atoms with Gasteiger partial charge in [-0.3, -0.25) is 0 Å². The molecule has 0 saturated carbocycles. The van der Waals surface area contributed by atoms with E-state index in [0.29, 0.717) is 0 Å². The predicted octanol–water partition coefficient (Wildman–Crippen LogP) is 1.56. The number of nitriles is 1. The minimum absolute atomic E-state index is 0.197. The van der Waals surface area contributed by atoms with Crippen LogP contribution in [-0.4, -0.2) is 5.54 Å². The number of allylic oxidation sites excluding steroid dienone is 2. The van der Waals surface area contributed by atoms with Crippen LogP contribution in [0.3, 0.4) is 0 Å². The Hall–Kier alpha value is -0.970. The molecule has 0 unspecified atom stereocenters. The summed E-state index contributed by atoms with van der Waals surface area (Å²) in [4.78, 5) is 0. The molecule has 10 heavy (non-hydrogen) atoms. The zero-order chi connectivity index (χ0) is 7.61. The lowest BCUT2D eigenvalue weighted by Gasteiger charge is -2.17. The maximum atomic E-state index is 8.33. The molecule has 0 radical (unpaired) electrons. The summed E-state index contributed by atoms with van der Waals surface area (Å²) < 4.78 is 0. The third kappa shape index (κ3) is 1.51. The van der Waals surface area contributed by atoms with Gasteiger partial charge in [0.1, 0.15) is 0 Å². The smallest absolute Gasteiger partial charge is 0.0930 e. The summed E-state index contributed by atoms with van der Waals surface area (Å²) in [6, 6.07) is 2.02. The maximum Gasteiger partial charge on any atom is 0.0930 e. The lowest BCUT2D eigenvalue weighted by Crippen LogP contribution is -2.30. The lowest BCUT2D eigenvalue weighted by atomic mass is 10.0. The second-order valence-corrected chi connectivity index (χ2v) is 3.31. The van der Waals surface area contributed by atoms with Gasteiger partial charge in [0.25, 0.3) is 0 Å². The molecular formula is C8H12N2. The van der Waals surface area contributed by atoms with Gasteiger partial charge in [-0.25, -0.2) is 0 Å². The molecule has 2 nitrogen and oxygen atoms in total.